The first-order chi connectivity index (χ1) is 9.28. The molecule has 0 radical (unpaired) electrons. The van der Waals surface area contributed by atoms with Crippen LogP contribution in [0.1, 0.15) is 12.0 Å². The maximum Gasteiger partial charge on any atom is 0.573 e. The van der Waals surface area contributed by atoms with Gasteiger partial charge in [-0.25, -0.2) is 0 Å². The second-order valence-corrected chi connectivity index (χ2v) is 4.41. The molecule has 0 aliphatic heterocycles. The van der Waals surface area contributed by atoms with Crippen molar-refractivity contribution < 1.29 is 22.7 Å². The molecule has 0 aromatic heterocycles. The average molecular weight is 290 g/mol. The molecule has 1 N–H and O–H groups in total. The summed E-state index contributed by atoms with van der Waals surface area (Å²) in [6, 6.07) is 5.73. The van der Waals surface area contributed by atoms with Crippen LogP contribution in [0, 0.1) is 0 Å². The van der Waals surface area contributed by atoms with Crippen LogP contribution >= 0.6 is 0 Å². The molecule has 0 spiro atoms. The number of amides is 1. The summed E-state index contributed by atoms with van der Waals surface area (Å²) < 4.78 is 40.0. The molecule has 0 fully saturated rings. The fraction of sp³-hybridized carbons (Fsp3) is 0.462. The summed E-state index contributed by atoms with van der Waals surface area (Å²) in [6.45, 7) is 0.830. The van der Waals surface area contributed by atoms with Gasteiger partial charge in [0, 0.05) is 33.6 Å². The monoisotopic (exact) mass is 290 g/mol. The predicted molar refractivity (Wildman–Crippen MR) is 68.1 cm³/mol. The lowest BCUT2D eigenvalue weighted by Gasteiger charge is -2.12. The highest BCUT2D eigenvalue weighted by Crippen LogP contribution is 2.23. The molecule has 112 valence electrons. The number of nitrogens with one attached hydrogen (secondary N) is 1. The number of benzene rings is 1. The average Bonchev–Trinajstić information content (AvgIpc) is 2.32. The Hall–Kier alpha value is -1.76. The summed E-state index contributed by atoms with van der Waals surface area (Å²) in [5.41, 5.74) is 0.657. The molecule has 0 atom stereocenters. The Labute approximate surface area is 115 Å². The third kappa shape index (κ3) is 6.42. The van der Waals surface area contributed by atoms with Gasteiger partial charge in [0.1, 0.15) is 5.75 Å². The molecular weight excluding hydrogens is 273 g/mol. The maximum atomic E-state index is 12.1. The van der Waals surface area contributed by atoms with Crippen LogP contribution in [-0.2, 0) is 11.3 Å². The van der Waals surface area contributed by atoms with Crippen molar-refractivity contribution in [3.05, 3.63) is 29.8 Å². The number of rotatable bonds is 6. The van der Waals surface area contributed by atoms with Gasteiger partial charge in [0.05, 0.1) is 0 Å². The molecule has 1 rings (SSSR count). The SMILES string of the molecule is CN(C)C(=O)CCNCc1cccc(OC(F)(F)F)c1. The topological polar surface area (TPSA) is 41.6 Å². The van der Waals surface area contributed by atoms with Gasteiger partial charge in [-0.3, -0.25) is 4.79 Å². The Bertz CT molecular complexity index is 447. The first kappa shape index (κ1) is 16.3. The first-order valence-corrected chi connectivity index (χ1v) is 6.03. The van der Waals surface area contributed by atoms with Crippen LogP contribution in [0.5, 0.6) is 5.75 Å². The van der Waals surface area contributed by atoms with Gasteiger partial charge in [0.2, 0.25) is 5.91 Å². The van der Waals surface area contributed by atoms with Gasteiger partial charge in [-0.2, -0.15) is 0 Å². The fourth-order valence-corrected chi connectivity index (χ4v) is 1.50. The van der Waals surface area contributed by atoms with Crippen molar-refractivity contribution in [1.82, 2.24) is 10.2 Å². The van der Waals surface area contributed by atoms with Gasteiger partial charge in [0.15, 0.2) is 0 Å². The number of hydrogen-bond donors (Lipinski definition) is 1. The third-order valence-electron chi connectivity index (χ3n) is 2.48. The van der Waals surface area contributed by atoms with Crippen molar-refractivity contribution in [2.24, 2.45) is 0 Å². The molecular formula is C13H17F3N2O2. The Morgan fingerprint density at radius 1 is 1.35 bits per heavy atom. The van der Waals surface area contributed by atoms with Crippen LogP contribution in [0.25, 0.3) is 0 Å². The van der Waals surface area contributed by atoms with Crippen molar-refractivity contribution in [2.45, 2.75) is 19.3 Å². The molecule has 1 amide bonds. The second-order valence-electron chi connectivity index (χ2n) is 4.41. The Morgan fingerprint density at radius 3 is 2.65 bits per heavy atom. The largest absolute Gasteiger partial charge is 0.573 e. The fourth-order valence-electron chi connectivity index (χ4n) is 1.50. The van der Waals surface area contributed by atoms with Gasteiger partial charge in [-0.05, 0) is 17.7 Å². The Balaban J connectivity index is 2.41. The summed E-state index contributed by atoms with van der Waals surface area (Å²) in [6.07, 6.45) is -4.35. The summed E-state index contributed by atoms with van der Waals surface area (Å²) in [7, 11) is 3.33. The highest BCUT2D eigenvalue weighted by Gasteiger charge is 2.31. The van der Waals surface area contributed by atoms with Gasteiger partial charge < -0.3 is 15.0 Å². The van der Waals surface area contributed by atoms with Crippen molar-refractivity contribution >= 4 is 5.91 Å². The molecule has 0 saturated carbocycles. The molecule has 4 nitrogen and oxygen atoms in total. The first-order valence-electron chi connectivity index (χ1n) is 6.03. The Kier molecular flexibility index (Phi) is 5.82. The zero-order valence-corrected chi connectivity index (χ0v) is 11.3. The standard InChI is InChI=1S/C13H17F3N2O2/c1-18(2)12(19)6-7-17-9-10-4-3-5-11(8-10)20-13(14,15)16/h3-5,8,17H,6-7,9H2,1-2H3. The smallest absolute Gasteiger partial charge is 0.406 e. The van der Waals surface area contributed by atoms with Gasteiger partial charge >= 0.3 is 6.36 Å². The van der Waals surface area contributed by atoms with E-state index in [9.17, 15) is 18.0 Å². The van der Waals surface area contributed by atoms with Crippen molar-refractivity contribution in [2.75, 3.05) is 20.6 Å². The van der Waals surface area contributed by atoms with E-state index in [4.69, 9.17) is 0 Å². The van der Waals surface area contributed by atoms with Crippen LogP contribution in [0.4, 0.5) is 13.2 Å². The summed E-state index contributed by atoms with van der Waals surface area (Å²) >= 11 is 0. The van der Waals surface area contributed by atoms with E-state index in [1.807, 2.05) is 0 Å². The molecule has 1 aromatic carbocycles. The highest BCUT2D eigenvalue weighted by atomic mass is 19.4. The van der Waals surface area contributed by atoms with E-state index in [2.05, 4.69) is 10.1 Å². The van der Waals surface area contributed by atoms with E-state index in [0.29, 0.717) is 25.1 Å². The van der Waals surface area contributed by atoms with Crippen LogP contribution in [0.15, 0.2) is 24.3 Å². The lowest BCUT2D eigenvalue weighted by atomic mass is 10.2. The zero-order valence-electron chi connectivity index (χ0n) is 11.3. The summed E-state index contributed by atoms with van der Waals surface area (Å²) in [5.74, 6) is -0.257. The lowest BCUT2D eigenvalue weighted by molar-refractivity contribution is -0.274. The molecule has 0 aliphatic carbocycles. The van der Waals surface area contributed by atoms with E-state index < -0.39 is 6.36 Å². The lowest BCUT2D eigenvalue weighted by Crippen LogP contribution is -2.26. The maximum absolute atomic E-state index is 12.1. The van der Waals surface area contributed by atoms with Gasteiger partial charge in [0.25, 0.3) is 0 Å². The van der Waals surface area contributed by atoms with Crippen LogP contribution in [0.2, 0.25) is 0 Å². The number of halogens is 3. The molecule has 0 bridgehead atoms. The minimum Gasteiger partial charge on any atom is -0.406 e. The van der Waals surface area contributed by atoms with E-state index in [1.54, 1.807) is 20.2 Å². The van der Waals surface area contributed by atoms with Crippen LogP contribution in [-0.4, -0.2) is 37.8 Å². The molecule has 0 unspecified atom stereocenters. The minimum absolute atomic E-state index is 0.00773. The summed E-state index contributed by atoms with van der Waals surface area (Å²) in [5, 5.41) is 2.99. The molecule has 0 saturated heterocycles. The predicted octanol–water partition coefficient (Wildman–Crippen LogP) is 2.15. The zero-order chi connectivity index (χ0) is 15.2. The third-order valence-corrected chi connectivity index (χ3v) is 2.48. The number of carbonyl (C=O) groups is 1. The van der Waals surface area contributed by atoms with Crippen molar-refractivity contribution in [3.63, 3.8) is 0 Å². The minimum atomic E-state index is -4.69. The number of ether oxygens (including phenoxy) is 1. The van der Waals surface area contributed by atoms with E-state index in [-0.39, 0.29) is 11.7 Å². The quantitative estimate of drug-likeness (QED) is 0.816. The van der Waals surface area contributed by atoms with E-state index >= 15 is 0 Å². The molecule has 1 aromatic rings. The summed E-state index contributed by atoms with van der Waals surface area (Å²) in [4.78, 5) is 12.8. The second kappa shape index (κ2) is 7.14. The Morgan fingerprint density at radius 2 is 2.05 bits per heavy atom. The van der Waals surface area contributed by atoms with Gasteiger partial charge in [-0.1, -0.05) is 12.1 Å². The van der Waals surface area contributed by atoms with Crippen LogP contribution in [0.3, 0.4) is 0 Å². The number of alkyl halides is 3. The van der Waals surface area contributed by atoms with Crippen molar-refractivity contribution in [3.8, 4) is 5.75 Å². The number of carbonyl (C=O) groups excluding carboxylic acids is 1. The normalized spacial score (nSPS) is 11.2. The number of nitrogens with zero attached hydrogens (tertiary/aromatic N) is 1. The van der Waals surface area contributed by atoms with Gasteiger partial charge in [-0.15, -0.1) is 13.2 Å². The van der Waals surface area contributed by atoms with E-state index in [0.717, 1.165) is 0 Å². The van der Waals surface area contributed by atoms with Crippen LogP contribution < -0.4 is 10.1 Å². The molecule has 0 heterocycles. The van der Waals surface area contributed by atoms with Crippen molar-refractivity contribution in [1.29, 1.82) is 0 Å². The van der Waals surface area contributed by atoms with E-state index in [1.165, 1.54) is 23.1 Å². The number of hydrogen-bond acceptors (Lipinski definition) is 3. The molecule has 20 heavy (non-hydrogen) atoms. The molecule has 0 aliphatic rings. The highest BCUT2D eigenvalue weighted by molar-refractivity contribution is 5.75. The molecule has 7 heteroatoms.